The molecule has 0 saturated heterocycles. The highest BCUT2D eigenvalue weighted by atomic mass is 16.4. The molecule has 8 nitrogen and oxygen atoms in total. The first-order valence-corrected chi connectivity index (χ1v) is 16.3. The van der Waals surface area contributed by atoms with Gasteiger partial charge in [-0.3, -0.25) is 10.2 Å². The van der Waals surface area contributed by atoms with E-state index < -0.39 is 11.4 Å². The molecule has 0 aliphatic heterocycles. The maximum Gasteiger partial charge on any atom is 0.310 e. The van der Waals surface area contributed by atoms with Crippen molar-refractivity contribution in [3.05, 3.63) is 11.6 Å². The van der Waals surface area contributed by atoms with Gasteiger partial charge in [0.2, 0.25) is 5.96 Å². The minimum absolute atomic E-state index is 0.0302. The van der Waals surface area contributed by atoms with Crippen LogP contribution in [0.25, 0.3) is 0 Å². The molecule has 0 spiro atoms. The van der Waals surface area contributed by atoms with Crippen molar-refractivity contribution in [3.63, 3.8) is 0 Å². The Morgan fingerprint density at radius 1 is 0.976 bits per heavy atom. The fourth-order valence-electron chi connectivity index (χ4n) is 11.1. The van der Waals surface area contributed by atoms with Crippen LogP contribution in [0.15, 0.2) is 16.6 Å². The molecule has 10 atom stereocenters. The summed E-state index contributed by atoms with van der Waals surface area (Å²) in [5.74, 6) is 1.79. The number of fused-ring (bicyclic) bond motifs is 7. The van der Waals surface area contributed by atoms with E-state index in [4.69, 9.17) is 16.9 Å². The van der Waals surface area contributed by atoms with Gasteiger partial charge in [0, 0.05) is 14.1 Å². The molecule has 0 aromatic carbocycles. The first kappa shape index (κ1) is 32.8. The third kappa shape index (κ3) is 4.69. The van der Waals surface area contributed by atoms with Gasteiger partial charge >= 0.3 is 5.97 Å². The SMILES string of the molecule is CN(C)C(=N)N=C(N)N.C[C@@H]1CC[C@]2(C(=O)O)CC[C@]3(C)C(=CC[C@@H]4[C@@]5(C)CC[C@H](O)C(C)(C)[C@@H]5CC[C@]43C)C2[C@H]1C. The highest BCUT2D eigenvalue weighted by Gasteiger charge is 2.69. The van der Waals surface area contributed by atoms with E-state index in [2.05, 4.69) is 59.5 Å². The van der Waals surface area contributed by atoms with Gasteiger partial charge in [0.25, 0.3) is 0 Å². The topological polar surface area (TPSA) is 149 Å². The average molecular weight is 586 g/mol. The minimum atomic E-state index is -0.557. The summed E-state index contributed by atoms with van der Waals surface area (Å²) < 4.78 is 0. The number of nitrogens with two attached hydrogens (primary N) is 2. The molecule has 0 amide bonds. The zero-order valence-corrected chi connectivity index (χ0v) is 27.8. The van der Waals surface area contributed by atoms with Gasteiger partial charge in [-0.2, -0.15) is 4.99 Å². The Kier molecular flexibility index (Phi) is 8.45. The molecule has 7 N–H and O–H groups in total. The van der Waals surface area contributed by atoms with E-state index in [9.17, 15) is 15.0 Å². The predicted molar refractivity (Wildman–Crippen MR) is 170 cm³/mol. The Hall–Kier alpha value is -2.09. The van der Waals surface area contributed by atoms with Crippen molar-refractivity contribution in [1.82, 2.24) is 4.90 Å². The molecule has 0 aromatic heterocycles. The number of nitrogens with one attached hydrogen (secondary N) is 1. The van der Waals surface area contributed by atoms with Crippen LogP contribution in [0.1, 0.15) is 106 Å². The molecule has 42 heavy (non-hydrogen) atoms. The molecule has 238 valence electrons. The lowest BCUT2D eigenvalue weighted by Crippen LogP contribution is -2.65. The first-order chi connectivity index (χ1) is 19.3. The van der Waals surface area contributed by atoms with Crippen LogP contribution < -0.4 is 11.5 Å². The average Bonchev–Trinajstić information content (AvgIpc) is 2.89. The number of carboxylic acids is 1. The summed E-state index contributed by atoms with van der Waals surface area (Å²) in [6, 6.07) is 0. The number of guanidine groups is 2. The molecule has 8 heteroatoms. The van der Waals surface area contributed by atoms with Crippen LogP contribution in [0.2, 0.25) is 0 Å². The molecular formula is C34H59N5O3. The second-order valence-corrected chi connectivity index (χ2v) is 16.2. The van der Waals surface area contributed by atoms with Crippen molar-refractivity contribution >= 4 is 17.9 Å². The standard InChI is InChI=1S/C30H48O3.C4H11N5/c1-18-10-15-30(25(32)33)17-16-28(6)20(24(30)19(18)2)8-9-22-27(5)13-12-23(31)26(3,4)21(27)11-14-29(22,28)7;1-9(2)4(7)8-3(5)6/h8,18-19,21-24,31H,9-17H2,1-7H3,(H,32,33);1-2H3,(H5,5,6,7,8)/t18-,19+,21+,22-,23+,24?,27+,28-,29-,30+;/m1./s1. The van der Waals surface area contributed by atoms with E-state index >= 15 is 0 Å². The van der Waals surface area contributed by atoms with Gasteiger partial charge < -0.3 is 26.6 Å². The van der Waals surface area contributed by atoms with E-state index in [1.807, 2.05) is 0 Å². The number of aliphatic hydroxyl groups excluding tert-OH is 1. The third-order valence-electron chi connectivity index (χ3n) is 14.1. The van der Waals surface area contributed by atoms with Crippen molar-refractivity contribution in [2.75, 3.05) is 14.1 Å². The zero-order valence-electron chi connectivity index (χ0n) is 27.8. The van der Waals surface area contributed by atoms with Crippen molar-refractivity contribution < 1.29 is 15.0 Å². The first-order valence-electron chi connectivity index (χ1n) is 16.3. The molecule has 0 radical (unpaired) electrons. The monoisotopic (exact) mass is 585 g/mol. The predicted octanol–water partition coefficient (Wildman–Crippen LogP) is 5.85. The summed E-state index contributed by atoms with van der Waals surface area (Å²) in [6.07, 6.45) is 11.6. The summed E-state index contributed by atoms with van der Waals surface area (Å²) >= 11 is 0. The number of hydrogen-bond donors (Lipinski definition) is 5. The molecule has 5 aliphatic rings. The van der Waals surface area contributed by atoms with Crippen LogP contribution >= 0.6 is 0 Å². The Morgan fingerprint density at radius 2 is 1.62 bits per heavy atom. The number of rotatable bonds is 1. The van der Waals surface area contributed by atoms with Crippen LogP contribution in [0, 0.1) is 62.1 Å². The quantitative estimate of drug-likeness (QED) is 0.148. The summed E-state index contributed by atoms with van der Waals surface area (Å²) in [5, 5.41) is 28.5. The lowest BCUT2D eigenvalue weighted by atomic mass is 9.33. The molecule has 1 unspecified atom stereocenters. The maximum atomic E-state index is 12.8. The Balaban J connectivity index is 0.000000392. The van der Waals surface area contributed by atoms with Gasteiger partial charge in [-0.25, -0.2) is 0 Å². The lowest BCUT2D eigenvalue weighted by molar-refractivity contribution is -0.206. The Bertz CT molecular complexity index is 1140. The second-order valence-electron chi connectivity index (χ2n) is 16.2. The highest BCUT2D eigenvalue weighted by molar-refractivity contribution is 5.91. The second kappa shape index (κ2) is 10.8. The number of aliphatic imine (C=N–C) groups is 1. The summed E-state index contributed by atoms with van der Waals surface area (Å²) in [5.41, 5.74) is 11.4. The van der Waals surface area contributed by atoms with Crippen molar-refractivity contribution in [1.29, 1.82) is 5.41 Å². The van der Waals surface area contributed by atoms with Gasteiger partial charge in [-0.1, -0.05) is 60.1 Å². The number of carbonyl (C=O) groups is 1. The normalized spacial score (nSPS) is 45.2. The number of nitrogens with zero attached hydrogens (tertiary/aromatic N) is 2. The van der Waals surface area contributed by atoms with Crippen LogP contribution in [-0.4, -0.2) is 53.2 Å². The van der Waals surface area contributed by atoms with Gasteiger partial charge in [-0.05, 0) is 109 Å². The molecular weight excluding hydrogens is 526 g/mol. The van der Waals surface area contributed by atoms with Gasteiger partial charge in [0.15, 0.2) is 5.96 Å². The molecule has 0 heterocycles. The molecule has 4 saturated carbocycles. The highest BCUT2D eigenvalue weighted by Crippen LogP contribution is 2.75. The Labute approximate surface area is 254 Å². The summed E-state index contributed by atoms with van der Waals surface area (Å²) in [4.78, 5) is 17.8. The largest absolute Gasteiger partial charge is 0.481 e. The van der Waals surface area contributed by atoms with E-state index in [1.165, 1.54) is 23.3 Å². The Morgan fingerprint density at radius 3 is 2.17 bits per heavy atom. The van der Waals surface area contributed by atoms with Crippen molar-refractivity contribution in [2.45, 2.75) is 112 Å². The van der Waals surface area contributed by atoms with Crippen molar-refractivity contribution in [2.24, 2.45) is 73.1 Å². The number of aliphatic hydroxyl groups is 1. The summed E-state index contributed by atoms with van der Waals surface area (Å²) in [6.45, 7) is 17.0. The number of allylic oxidation sites excluding steroid dienone is 2. The van der Waals surface area contributed by atoms with E-state index in [0.29, 0.717) is 23.7 Å². The third-order valence-corrected chi connectivity index (χ3v) is 14.1. The molecule has 4 fully saturated rings. The van der Waals surface area contributed by atoms with Gasteiger partial charge in [-0.15, -0.1) is 0 Å². The number of aliphatic carboxylic acids is 1. The zero-order chi connectivity index (χ0) is 31.6. The number of carboxylic acid groups (broad SMARTS) is 1. The molecule has 5 aliphatic carbocycles. The smallest absolute Gasteiger partial charge is 0.310 e. The van der Waals surface area contributed by atoms with Crippen LogP contribution in [0.4, 0.5) is 0 Å². The van der Waals surface area contributed by atoms with Gasteiger partial charge in [0.1, 0.15) is 0 Å². The summed E-state index contributed by atoms with van der Waals surface area (Å²) in [7, 11) is 3.38. The van der Waals surface area contributed by atoms with Gasteiger partial charge in [0.05, 0.1) is 11.5 Å². The molecule has 0 aromatic rings. The number of hydrogen-bond acceptors (Lipinski definition) is 3. The fourth-order valence-corrected chi connectivity index (χ4v) is 11.1. The van der Waals surface area contributed by atoms with E-state index in [0.717, 1.165) is 44.9 Å². The van der Waals surface area contributed by atoms with Crippen molar-refractivity contribution in [3.8, 4) is 0 Å². The molecule has 0 bridgehead atoms. The van der Waals surface area contributed by atoms with E-state index in [1.54, 1.807) is 14.1 Å². The molecule has 5 rings (SSSR count). The van der Waals surface area contributed by atoms with Crippen LogP contribution in [0.3, 0.4) is 0 Å². The van der Waals surface area contributed by atoms with E-state index in [-0.39, 0.29) is 45.6 Å². The maximum absolute atomic E-state index is 12.8. The fraction of sp³-hybridized carbons (Fsp3) is 0.853. The van der Waals surface area contributed by atoms with Crippen LogP contribution in [0.5, 0.6) is 0 Å². The lowest BCUT2D eigenvalue weighted by Gasteiger charge is -2.71. The minimum Gasteiger partial charge on any atom is -0.481 e. The van der Waals surface area contributed by atoms with Crippen LogP contribution in [-0.2, 0) is 4.79 Å².